The standard InChI is InChI=1S/C14H13FN4/c15-13-3-2-11(12(6-13)7-16)8-18-9-14(10-18)19-5-1-4-17-19/h1-6,14H,8-10H2. The first-order chi connectivity index (χ1) is 9.26. The van der Waals surface area contributed by atoms with Gasteiger partial charge in [0.1, 0.15) is 5.82 Å². The van der Waals surface area contributed by atoms with E-state index in [0.717, 1.165) is 18.7 Å². The van der Waals surface area contributed by atoms with Crippen LogP contribution >= 0.6 is 0 Å². The van der Waals surface area contributed by atoms with Crippen LogP contribution in [-0.4, -0.2) is 27.8 Å². The molecule has 1 aromatic carbocycles. The average molecular weight is 256 g/mol. The molecule has 0 aliphatic carbocycles. The summed E-state index contributed by atoms with van der Waals surface area (Å²) >= 11 is 0. The van der Waals surface area contributed by atoms with Gasteiger partial charge in [0, 0.05) is 32.0 Å². The minimum atomic E-state index is -0.363. The molecule has 4 nitrogen and oxygen atoms in total. The van der Waals surface area contributed by atoms with Crippen molar-refractivity contribution in [3.8, 4) is 6.07 Å². The van der Waals surface area contributed by atoms with Crippen LogP contribution in [0.1, 0.15) is 17.2 Å². The van der Waals surface area contributed by atoms with Crippen LogP contribution in [0.25, 0.3) is 0 Å². The van der Waals surface area contributed by atoms with Crippen molar-refractivity contribution >= 4 is 0 Å². The van der Waals surface area contributed by atoms with Crippen LogP contribution in [0, 0.1) is 17.1 Å². The normalized spacial score (nSPS) is 16.0. The molecule has 0 bridgehead atoms. The molecule has 0 amide bonds. The Bertz CT molecular complexity index is 609. The molecule has 3 rings (SSSR count). The molecule has 1 aliphatic heterocycles. The Hall–Kier alpha value is -2.19. The quantitative estimate of drug-likeness (QED) is 0.843. The van der Waals surface area contributed by atoms with Crippen LogP contribution in [0.3, 0.4) is 0 Å². The summed E-state index contributed by atoms with van der Waals surface area (Å²) in [6.45, 7) is 2.49. The Morgan fingerprint density at radius 3 is 2.95 bits per heavy atom. The predicted octanol–water partition coefficient (Wildman–Crippen LogP) is 1.95. The maximum absolute atomic E-state index is 13.0. The molecule has 0 radical (unpaired) electrons. The molecular formula is C14H13FN4. The van der Waals surface area contributed by atoms with Crippen LogP contribution < -0.4 is 0 Å². The number of hydrogen-bond donors (Lipinski definition) is 0. The summed E-state index contributed by atoms with van der Waals surface area (Å²) in [6, 6.07) is 8.75. The van der Waals surface area contributed by atoms with Gasteiger partial charge in [0.25, 0.3) is 0 Å². The molecule has 0 unspecified atom stereocenters. The summed E-state index contributed by atoms with van der Waals surface area (Å²) in [6.07, 6.45) is 3.73. The maximum atomic E-state index is 13.0. The largest absolute Gasteiger partial charge is 0.295 e. The second kappa shape index (κ2) is 4.82. The molecule has 1 aromatic heterocycles. The van der Waals surface area contributed by atoms with Gasteiger partial charge in [0.05, 0.1) is 17.7 Å². The maximum Gasteiger partial charge on any atom is 0.124 e. The number of aromatic nitrogens is 2. The molecule has 0 N–H and O–H groups in total. The van der Waals surface area contributed by atoms with E-state index in [0.29, 0.717) is 18.2 Å². The lowest BCUT2D eigenvalue weighted by molar-refractivity contribution is 0.0908. The fraction of sp³-hybridized carbons (Fsp3) is 0.286. The van der Waals surface area contributed by atoms with Crippen molar-refractivity contribution in [1.29, 1.82) is 5.26 Å². The van der Waals surface area contributed by atoms with Crippen LogP contribution in [0.4, 0.5) is 4.39 Å². The first-order valence-electron chi connectivity index (χ1n) is 6.16. The molecule has 1 fully saturated rings. The zero-order chi connectivity index (χ0) is 13.2. The van der Waals surface area contributed by atoms with Crippen molar-refractivity contribution in [2.24, 2.45) is 0 Å². The van der Waals surface area contributed by atoms with Crippen LogP contribution in [-0.2, 0) is 6.54 Å². The topological polar surface area (TPSA) is 44.9 Å². The van der Waals surface area contributed by atoms with E-state index in [4.69, 9.17) is 5.26 Å². The molecule has 1 aliphatic rings. The Balaban J connectivity index is 1.64. The van der Waals surface area contributed by atoms with Crippen molar-refractivity contribution in [1.82, 2.24) is 14.7 Å². The van der Waals surface area contributed by atoms with E-state index >= 15 is 0 Å². The molecule has 2 heterocycles. The Morgan fingerprint density at radius 2 is 2.26 bits per heavy atom. The number of likely N-dealkylation sites (tertiary alicyclic amines) is 1. The van der Waals surface area contributed by atoms with Gasteiger partial charge in [-0.15, -0.1) is 0 Å². The lowest BCUT2D eigenvalue weighted by Crippen LogP contribution is -2.47. The molecule has 5 heteroatoms. The fourth-order valence-electron chi connectivity index (χ4n) is 2.37. The molecule has 2 aromatic rings. The lowest BCUT2D eigenvalue weighted by atomic mass is 10.0. The number of rotatable bonds is 3. The Labute approximate surface area is 110 Å². The van der Waals surface area contributed by atoms with Crippen molar-refractivity contribution in [2.45, 2.75) is 12.6 Å². The van der Waals surface area contributed by atoms with Gasteiger partial charge in [-0.1, -0.05) is 6.07 Å². The minimum Gasteiger partial charge on any atom is -0.295 e. The summed E-state index contributed by atoms with van der Waals surface area (Å²) < 4.78 is 15.0. The van der Waals surface area contributed by atoms with Gasteiger partial charge in [0.2, 0.25) is 0 Å². The fourth-order valence-corrected chi connectivity index (χ4v) is 2.37. The summed E-state index contributed by atoms with van der Waals surface area (Å²) in [7, 11) is 0. The van der Waals surface area contributed by atoms with Gasteiger partial charge < -0.3 is 0 Å². The minimum absolute atomic E-state index is 0.363. The van der Waals surface area contributed by atoms with Gasteiger partial charge in [-0.2, -0.15) is 10.4 Å². The van der Waals surface area contributed by atoms with Crippen molar-refractivity contribution in [3.63, 3.8) is 0 Å². The van der Waals surface area contributed by atoms with Gasteiger partial charge >= 0.3 is 0 Å². The molecule has 0 spiro atoms. The highest BCUT2D eigenvalue weighted by Gasteiger charge is 2.28. The van der Waals surface area contributed by atoms with E-state index in [2.05, 4.69) is 10.00 Å². The second-order valence-electron chi connectivity index (χ2n) is 4.75. The number of nitrogens with zero attached hydrogens (tertiary/aromatic N) is 4. The van der Waals surface area contributed by atoms with Crippen molar-refractivity contribution in [3.05, 3.63) is 53.6 Å². The van der Waals surface area contributed by atoms with Gasteiger partial charge in [-0.25, -0.2) is 4.39 Å². The highest BCUT2D eigenvalue weighted by molar-refractivity contribution is 5.38. The highest BCUT2D eigenvalue weighted by Crippen LogP contribution is 2.23. The van der Waals surface area contributed by atoms with E-state index in [-0.39, 0.29) is 5.82 Å². The highest BCUT2D eigenvalue weighted by atomic mass is 19.1. The third-order valence-electron chi connectivity index (χ3n) is 3.42. The molecule has 0 saturated carbocycles. The van der Waals surface area contributed by atoms with Crippen molar-refractivity contribution < 1.29 is 4.39 Å². The third kappa shape index (κ3) is 2.35. The van der Waals surface area contributed by atoms with E-state index in [1.807, 2.05) is 23.0 Å². The van der Waals surface area contributed by atoms with Crippen LogP contribution in [0.2, 0.25) is 0 Å². The van der Waals surface area contributed by atoms with Gasteiger partial charge in [-0.05, 0) is 23.8 Å². The van der Waals surface area contributed by atoms with E-state index in [1.54, 1.807) is 12.3 Å². The van der Waals surface area contributed by atoms with Gasteiger partial charge in [-0.3, -0.25) is 9.58 Å². The third-order valence-corrected chi connectivity index (χ3v) is 3.42. The van der Waals surface area contributed by atoms with Crippen LogP contribution in [0.15, 0.2) is 36.7 Å². The average Bonchev–Trinajstić information content (AvgIpc) is 2.88. The first kappa shape index (κ1) is 11.9. The number of nitriles is 1. The molecular weight excluding hydrogens is 243 g/mol. The summed E-state index contributed by atoms with van der Waals surface area (Å²) in [5, 5.41) is 13.2. The molecule has 19 heavy (non-hydrogen) atoms. The number of hydrogen-bond acceptors (Lipinski definition) is 3. The van der Waals surface area contributed by atoms with E-state index < -0.39 is 0 Å². The smallest absolute Gasteiger partial charge is 0.124 e. The zero-order valence-electron chi connectivity index (χ0n) is 10.3. The summed E-state index contributed by atoms with van der Waals surface area (Å²) in [5.74, 6) is -0.363. The van der Waals surface area contributed by atoms with Crippen LogP contribution in [0.5, 0.6) is 0 Å². The Kier molecular flexibility index (Phi) is 3.02. The molecule has 96 valence electrons. The van der Waals surface area contributed by atoms with Crippen molar-refractivity contribution in [2.75, 3.05) is 13.1 Å². The second-order valence-corrected chi connectivity index (χ2v) is 4.75. The Morgan fingerprint density at radius 1 is 1.42 bits per heavy atom. The first-order valence-corrected chi connectivity index (χ1v) is 6.16. The summed E-state index contributed by atoms with van der Waals surface area (Å²) in [4.78, 5) is 2.22. The van der Waals surface area contributed by atoms with Gasteiger partial charge in [0.15, 0.2) is 0 Å². The summed E-state index contributed by atoms with van der Waals surface area (Å²) in [5.41, 5.74) is 1.30. The molecule has 0 atom stereocenters. The van der Waals surface area contributed by atoms with E-state index in [9.17, 15) is 4.39 Å². The predicted molar refractivity (Wildman–Crippen MR) is 67.7 cm³/mol. The SMILES string of the molecule is N#Cc1cc(F)ccc1CN1CC(n2cccn2)C1. The number of halogens is 1. The lowest BCUT2D eigenvalue weighted by Gasteiger charge is -2.39. The zero-order valence-corrected chi connectivity index (χ0v) is 10.3. The molecule has 1 saturated heterocycles. The van der Waals surface area contributed by atoms with E-state index in [1.165, 1.54) is 12.1 Å². The number of benzene rings is 1. The monoisotopic (exact) mass is 256 g/mol.